The van der Waals surface area contributed by atoms with Crippen LogP contribution in [0.15, 0.2) is 54.6 Å². The summed E-state index contributed by atoms with van der Waals surface area (Å²) < 4.78 is 27.0. The lowest BCUT2D eigenvalue weighted by molar-refractivity contribution is -0.140. The lowest BCUT2D eigenvalue weighted by Gasteiger charge is -2.35. The summed E-state index contributed by atoms with van der Waals surface area (Å²) in [5, 5.41) is 2.86. The second kappa shape index (κ2) is 9.09. The van der Waals surface area contributed by atoms with Gasteiger partial charge in [-0.15, -0.1) is 0 Å². The molecule has 2 aromatic carbocycles. The molecule has 2 aromatic rings. The van der Waals surface area contributed by atoms with Crippen molar-refractivity contribution in [3.8, 4) is 0 Å². The molecule has 35 heavy (non-hydrogen) atoms. The molecule has 10 heteroatoms. The number of fused-ring (bicyclic) bond motifs is 2. The number of carbonyl (C=O) groups is 3. The lowest BCUT2D eigenvalue weighted by atomic mass is 9.76. The van der Waals surface area contributed by atoms with E-state index in [1.165, 1.54) is 9.21 Å². The van der Waals surface area contributed by atoms with Gasteiger partial charge in [0.1, 0.15) is 12.1 Å². The van der Waals surface area contributed by atoms with Crippen molar-refractivity contribution < 1.29 is 22.8 Å². The van der Waals surface area contributed by atoms with Gasteiger partial charge < -0.3 is 10.2 Å². The van der Waals surface area contributed by atoms with Gasteiger partial charge in [0.25, 0.3) is 5.91 Å². The molecule has 3 aliphatic rings. The first-order chi connectivity index (χ1) is 16.8. The van der Waals surface area contributed by atoms with Crippen LogP contribution in [0.3, 0.4) is 0 Å². The Morgan fingerprint density at radius 3 is 2.37 bits per heavy atom. The third-order valence-corrected chi connectivity index (χ3v) is 8.97. The largest absolute Gasteiger partial charge is 0.338 e. The molecule has 2 fully saturated rings. The number of piperazine rings is 1. The summed E-state index contributed by atoms with van der Waals surface area (Å²) in [6, 6.07) is 16.0. The smallest absolute Gasteiger partial charge is 0.325 e. The number of imide groups is 1. The number of nitrogens with one attached hydrogen (secondary N) is 1. The van der Waals surface area contributed by atoms with E-state index in [1.54, 1.807) is 24.3 Å². The average molecular weight is 497 g/mol. The average Bonchev–Trinajstić information content (AvgIpc) is 3.09. The Hall–Kier alpha value is -3.24. The number of amides is 4. The quantitative estimate of drug-likeness (QED) is 0.631. The number of nitrogens with zero attached hydrogens (tertiary/aromatic N) is 3. The maximum absolute atomic E-state index is 13.4. The molecule has 1 atom stereocenters. The Morgan fingerprint density at radius 2 is 1.63 bits per heavy atom. The summed E-state index contributed by atoms with van der Waals surface area (Å²) in [6.45, 7) is 0.428. The first-order valence-electron chi connectivity index (χ1n) is 11.8. The van der Waals surface area contributed by atoms with E-state index < -0.39 is 27.5 Å². The van der Waals surface area contributed by atoms with Gasteiger partial charge in [0.05, 0.1) is 5.75 Å². The standard InChI is InChI=1S/C25H28N4O5S/c30-22(27-13-15-28(16-14-27)35(33,34)18-19-7-2-1-3-8-19)17-29-23(31)25(26-24(29)32)12-6-10-20-9-4-5-11-21(20)25/h1-5,7-9,11H,6,10,12-18H2,(H,26,32)/t25-/m0/s1. The number of hydrogen-bond donors (Lipinski definition) is 1. The summed E-state index contributed by atoms with van der Waals surface area (Å²) >= 11 is 0. The molecule has 1 N–H and O–H groups in total. The molecule has 2 heterocycles. The Labute approximate surface area is 204 Å². The van der Waals surface area contributed by atoms with Crippen LogP contribution in [0.4, 0.5) is 4.79 Å². The molecule has 4 amide bonds. The number of aryl methyl sites for hydroxylation is 1. The minimum absolute atomic E-state index is 0.0895. The topological polar surface area (TPSA) is 107 Å². The molecule has 0 unspecified atom stereocenters. The molecular weight excluding hydrogens is 468 g/mol. The second-order valence-corrected chi connectivity index (χ2v) is 11.2. The van der Waals surface area contributed by atoms with Gasteiger partial charge in [-0.2, -0.15) is 4.31 Å². The van der Waals surface area contributed by atoms with Crippen LogP contribution >= 0.6 is 0 Å². The van der Waals surface area contributed by atoms with Crippen molar-refractivity contribution in [1.82, 2.24) is 19.4 Å². The van der Waals surface area contributed by atoms with E-state index in [1.807, 2.05) is 30.3 Å². The van der Waals surface area contributed by atoms with Crippen molar-refractivity contribution in [2.45, 2.75) is 30.6 Å². The van der Waals surface area contributed by atoms with Gasteiger partial charge in [-0.05, 0) is 36.0 Å². The van der Waals surface area contributed by atoms with Crippen molar-refractivity contribution in [3.05, 3.63) is 71.3 Å². The summed E-state index contributed by atoms with van der Waals surface area (Å²) in [4.78, 5) is 41.7. The third kappa shape index (κ3) is 4.32. The molecular formula is C25H28N4O5S. The Kier molecular flexibility index (Phi) is 6.10. The number of benzene rings is 2. The first kappa shape index (κ1) is 23.5. The number of carbonyl (C=O) groups excluding carboxylic acids is 3. The second-order valence-electron chi connectivity index (χ2n) is 9.26. The number of urea groups is 1. The molecule has 0 saturated carbocycles. The molecule has 1 spiro atoms. The highest BCUT2D eigenvalue weighted by atomic mass is 32.2. The molecule has 2 aliphatic heterocycles. The van der Waals surface area contributed by atoms with Crippen LogP contribution in [0.2, 0.25) is 0 Å². The zero-order valence-corrected chi connectivity index (χ0v) is 20.2. The number of sulfonamides is 1. The highest BCUT2D eigenvalue weighted by molar-refractivity contribution is 7.88. The van der Waals surface area contributed by atoms with Gasteiger partial charge in [-0.3, -0.25) is 14.5 Å². The fourth-order valence-electron chi connectivity index (χ4n) is 5.28. The normalized spacial score (nSPS) is 22.9. The van der Waals surface area contributed by atoms with E-state index in [9.17, 15) is 22.8 Å². The third-order valence-electron chi connectivity index (χ3n) is 7.12. The molecule has 0 radical (unpaired) electrons. The van der Waals surface area contributed by atoms with E-state index >= 15 is 0 Å². The molecule has 5 rings (SSSR count). The van der Waals surface area contributed by atoms with Gasteiger partial charge in [0, 0.05) is 26.2 Å². The molecule has 184 valence electrons. The zero-order valence-electron chi connectivity index (χ0n) is 19.4. The van der Waals surface area contributed by atoms with Crippen molar-refractivity contribution in [3.63, 3.8) is 0 Å². The summed E-state index contributed by atoms with van der Waals surface area (Å²) in [5.41, 5.74) is 1.43. The van der Waals surface area contributed by atoms with Gasteiger partial charge in [0.15, 0.2) is 0 Å². The molecule has 1 aliphatic carbocycles. The molecule has 9 nitrogen and oxygen atoms in total. The van der Waals surface area contributed by atoms with Crippen LogP contribution in [-0.4, -0.2) is 73.1 Å². The highest BCUT2D eigenvalue weighted by Crippen LogP contribution is 2.39. The van der Waals surface area contributed by atoms with Crippen LogP contribution in [0.25, 0.3) is 0 Å². The van der Waals surface area contributed by atoms with Crippen LogP contribution in [0, 0.1) is 0 Å². The number of rotatable bonds is 5. The van der Waals surface area contributed by atoms with Crippen LogP contribution < -0.4 is 5.32 Å². The van der Waals surface area contributed by atoms with Crippen molar-refractivity contribution in [1.29, 1.82) is 0 Å². The van der Waals surface area contributed by atoms with E-state index in [-0.39, 0.29) is 44.4 Å². The maximum atomic E-state index is 13.4. The fraction of sp³-hybridized carbons (Fsp3) is 0.400. The zero-order chi connectivity index (χ0) is 24.6. The van der Waals surface area contributed by atoms with E-state index in [0.717, 1.165) is 28.9 Å². The lowest BCUT2D eigenvalue weighted by Crippen LogP contribution is -2.53. The minimum Gasteiger partial charge on any atom is -0.338 e. The highest BCUT2D eigenvalue weighted by Gasteiger charge is 2.54. The first-order valence-corrected chi connectivity index (χ1v) is 13.4. The monoisotopic (exact) mass is 496 g/mol. The van der Waals surface area contributed by atoms with Crippen molar-refractivity contribution in [2.75, 3.05) is 32.7 Å². The minimum atomic E-state index is -3.51. The maximum Gasteiger partial charge on any atom is 0.325 e. The SMILES string of the molecule is O=C(CN1C(=O)N[C@]2(CCCc3ccccc32)C1=O)N1CCN(S(=O)(=O)Cc2ccccc2)CC1. The Morgan fingerprint density at radius 1 is 0.943 bits per heavy atom. The molecule has 2 saturated heterocycles. The predicted molar refractivity (Wildman–Crippen MR) is 129 cm³/mol. The Bertz CT molecular complexity index is 1260. The van der Waals surface area contributed by atoms with Gasteiger partial charge in [-0.1, -0.05) is 54.6 Å². The predicted octanol–water partition coefficient (Wildman–Crippen LogP) is 1.44. The molecule has 0 aromatic heterocycles. The van der Waals surface area contributed by atoms with E-state index in [2.05, 4.69) is 5.32 Å². The number of hydrogen-bond acceptors (Lipinski definition) is 5. The van der Waals surface area contributed by atoms with Gasteiger partial charge >= 0.3 is 6.03 Å². The van der Waals surface area contributed by atoms with Crippen molar-refractivity contribution in [2.24, 2.45) is 0 Å². The van der Waals surface area contributed by atoms with Crippen LogP contribution in [0.1, 0.15) is 29.5 Å². The Balaban J connectivity index is 1.22. The summed E-state index contributed by atoms with van der Waals surface area (Å²) in [5.74, 6) is -0.852. The van der Waals surface area contributed by atoms with Gasteiger partial charge in [0.2, 0.25) is 15.9 Å². The van der Waals surface area contributed by atoms with Crippen LogP contribution in [0.5, 0.6) is 0 Å². The summed E-state index contributed by atoms with van der Waals surface area (Å²) in [6.07, 6.45) is 2.11. The fourth-order valence-corrected chi connectivity index (χ4v) is 6.80. The van der Waals surface area contributed by atoms with E-state index in [4.69, 9.17) is 0 Å². The van der Waals surface area contributed by atoms with Crippen molar-refractivity contribution >= 4 is 27.9 Å². The summed E-state index contributed by atoms with van der Waals surface area (Å²) in [7, 11) is -3.51. The van der Waals surface area contributed by atoms with Gasteiger partial charge in [-0.25, -0.2) is 13.2 Å². The molecule has 0 bridgehead atoms. The van der Waals surface area contributed by atoms with Crippen LogP contribution in [-0.2, 0) is 37.3 Å². The van der Waals surface area contributed by atoms with E-state index in [0.29, 0.717) is 12.0 Å².